The van der Waals surface area contributed by atoms with Crippen molar-refractivity contribution in [2.75, 3.05) is 26.7 Å². The van der Waals surface area contributed by atoms with Crippen LogP contribution in [0.3, 0.4) is 0 Å². The van der Waals surface area contributed by atoms with Gasteiger partial charge in [-0.25, -0.2) is 0 Å². The maximum absolute atomic E-state index is 5.48. The number of nitrogens with one attached hydrogen (secondary N) is 1. The van der Waals surface area contributed by atoms with Gasteiger partial charge in [0.1, 0.15) is 0 Å². The molecule has 2 fully saturated rings. The molecule has 0 spiro atoms. The molecule has 3 nitrogen and oxygen atoms in total. The number of likely N-dealkylation sites (tertiary alicyclic amines) is 1. The maximum atomic E-state index is 5.48. The minimum absolute atomic E-state index is 0.443. The van der Waals surface area contributed by atoms with Gasteiger partial charge in [0.25, 0.3) is 0 Å². The van der Waals surface area contributed by atoms with Gasteiger partial charge in [-0.15, -0.1) is 0 Å². The first-order valence-corrected chi connectivity index (χ1v) is 7.58. The molecule has 1 N–H and O–H groups in total. The average molecular weight is 254 g/mol. The Balaban J connectivity index is 1.96. The van der Waals surface area contributed by atoms with Crippen LogP contribution in [0.2, 0.25) is 0 Å². The normalized spacial score (nSPS) is 34.0. The molecule has 0 amide bonds. The number of rotatable bonds is 4. The zero-order valence-electron chi connectivity index (χ0n) is 12.5. The fourth-order valence-corrected chi connectivity index (χ4v) is 3.83. The Hall–Kier alpha value is -0.120. The fraction of sp³-hybridized carbons (Fsp3) is 1.00. The highest BCUT2D eigenvalue weighted by atomic mass is 16.5. The number of hydrogen-bond acceptors (Lipinski definition) is 3. The summed E-state index contributed by atoms with van der Waals surface area (Å²) in [6.07, 6.45) is 5.59. The highest BCUT2D eigenvalue weighted by Gasteiger charge is 2.44. The van der Waals surface area contributed by atoms with Crippen molar-refractivity contribution in [1.82, 2.24) is 10.2 Å². The molecule has 2 unspecified atom stereocenters. The molecule has 1 heterocycles. The second-order valence-electron chi connectivity index (χ2n) is 6.60. The van der Waals surface area contributed by atoms with Gasteiger partial charge in [0, 0.05) is 32.3 Å². The molecule has 1 aliphatic carbocycles. The summed E-state index contributed by atoms with van der Waals surface area (Å²) in [5.74, 6) is 0. The number of nitrogens with zero attached hydrogens (tertiary/aromatic N) is 1. The zero-order chi connectivity index (χ0) is 13.2. The van der Waals surface area contributed by atoms with Crippen molar-refractivity contribution in [2.24, 2.45) is 5.41 Å². The van der Waals surface area contributed by atoms with E-state index in [4.69, 9.17) is 4.74 Å². The van der Waals surface area contributed by atoms with Crippen molar-refractivity contribution in [3.63, 3.8) is 0 Å². The van der Waals surface area contributed by atoms with Gasteiger partial charge in [0.15, 0.2) is 0 Å². The average Bonchev–Trinajstić information content (AvgIpc) is 2.66. The zero-order valence-corrected chi connectivity index (χ0v) is 12.5. The summed E-state index contributed by atoms with van der Waals surface area (Å²) in [6, 6.07) is 1.39. The molecule has 2 aliphatic rings. The minimum atomic E-state index is 0.443. The van der Waals surface area contributed by atoms with Crippen LogP contribution in [0.1, 0.15) is 46.5 Å². The van der Waals surface area contributed by atoms with E-state index in [1.54, 1.807) is 0 Å². The largest absolute Gasteiger partial charge is 0.381 e. The predicted octanol–water partition coefficient (Wildman–Crippen LogP) is 2.26. The first kappa shape index (κ1) is 14.3. The third kappa shape index (κ3) is 2.89. The Kier molecular flexibility index (Phi) is 4.68. The Morgan fingerprint density at radius 2 is 1.89 bits per heavy atom. The highest BCUT2D eigenvalue weighted by Crippen LogP contribution is 2.40. The molecule has 1 aliphatic heterocycles. The lowest BCUT2D eigenvalue weighted by Crippen LogP contribution is -2.54. The van der Waals surface area contributed by atoms with E-state index in [-0.39, 0.29) is 0 Å². The third-order valence-electron chi connectivity index (χ3n) is 5.01. The van der Waals surface area contributed by atoms with Gasteiger partial charge in [0.2, 0.25) is 0 Å². The molecule has 0 radical (unpaired) electrons. The third-order valence-corrected chi connectivity index (χ3v) is 5.01. The predicted molar refractivity (Wildman–Crippen MR) is 75.9 cm³/mol. The lowest BCUT2D eigenvalue weighted by molar-refractivity contribution is 0.0207. The summed E-state index contributed by atoms with van der Waals surface area (Å²) in [7, 11) is 1.85. The van der Waals surface area contributed by atoms with Crippen LogP contribution in [0.25, 0.3) is 0 Å². The summed E-state index contributed by atoms with van der Waals surface area (Å²) >= 11 is 0. The van der Waals surface area contributed by atoms with E-state index < -0.39 is 0 Å². The van der Waals surface area contributed by atoms with Crippen molar-refractivity contribution in [1.29, 1.82) is 0 Å². The topological polar surface area (TPSA) is 24.5 Å². The van der Waals surface area contributed by atoms with Gasteiger partial charge in [-0.1, -0.05) is 20.8 Å². The summed E-state index contributed by atoms with van der Waals surface area (Å²) in [4.78, 5) is 2.71. The van der Waals surface area contributed by atoms with Crippen LogP contribution in [-0.2, 0) is 4.74 Å². The second-order valence-corrected chi connectivity index (χ2v) is 6.60. The lowest BCUT2D eigenvalue weighted by atomic mass is 9.86. The highest BCUT2D eigenvalue weighted by molar-refractivity contribution is 5.01. The Morgan fingerprint density at radius 3 is 2.44 bits per heavy atom. The van der Waals surface area contributed by atoms with Gasteiger partial charge in [0.05, 0.1) is 6.10 Å². The van der Waals surface area contributed by atoms with E-state index in [1.165, 1.54) is 38.8 Å². The molecule has 0 aromatic rings. The van der Waals surface area contributed by atoms with Crippen LogP contribution in [0.15, 0.2) is 0 Å². The number of likely N-dealkylation sites (N-methyl/N-ethyl adjacent to an activating group) is 1. The van der Waals surface area contributed by atoms with E-state index in [2.05, 4.69) is 31.0 Å². The van der Waals surface area contributed by atoms with E-state index in [9.17, 15) is 0 Å². The molecule has 1 saturated heterocycles. The summed E-state index contributed by atoms with van der Waals surface area (Å²) in [5.41, 5.74) is 0.443. The van der Waals surface area contributed by atoms with Crippen LogP contribution < -0.4 is 5.32 Å². The van der Waals surface area contributed by atoms with E-state index in [0.717, 1.165) is 12.6 Å². The molecule has 0 aromatic carbocycles. The van der Waals surface area contributed by atoms with Crippen LogP contribution >= 0.6 is 0 Å². The molecule has 2 rings (SSSR count). The van der Waals surface area contributed by atoms with Crippen LogP contribution in [0.5, 0.6) is 0 Å². The monoisotopic (exact) mass is 254 g/mol. The molecular weight excluding hydrogens is 224 g/mol. The fourth-order valence-electron chi connectivity index (χ4n) is 3.83. The standard InChI is InChI=1S/C15H30N2O/c1-5-16-14-13(6-9-15(14,2)3)17-10-7-12(18-4)8-11-17/h12-14,16H,5-11H2,1-4H3. The SMILES string of the molecule is CCNC1C(N2CCC(OC)CC2)CCC1(C)C. The van der Waals surface area contributed by atoms with Gasteiger partial charge in [-0.05, 0) is 37.6 Å². The van der Waals surface area contributed by atoms with E-state index in [1.807, 2.05) is 7.11 Å². The molecule has 3 heteroatoms. The molecule has 0 bridgehead atoms. The quantitative estimate of drug-likeness (QED) is 0.833. The van der Waals surface area contributed by atoms with Crippen LogP contribution in [-0.4, -0.2) is 49.8 Å². The van der Waals surface area contributed by atoms with Crippen molar-refractivity contribution in [3.05, 3.63) is 0 Å². The van der Waals surface area contributed by atoms with E-state index >= 15 is 0 Å². The number of ether oxygens (including phenoxy) is 1. The van der Waals surface area contributed by atoms with Gasteiger partial charge in [-0.2, -0.15) is 0 Å². The lowest BCUT2D eigenvalue weighted by Gasteiger charge is -2.41. The first-order valence-electron chi connectivity index (χ1n) is 7.58. The van der Waals surface area contributed by atoms with Gasteiger partial charge < -0.3 is 10.1 Å². The number of hydrogen-bond donors (Lipinski definition) is 1. The smallest absolute Gasteiger partial charge is 0.0595 e. The first-order chi connectivity index (χ1) is 8.58. The maximum Gasteiger partial charge on any atom is 0.0595 e. The van der Waals surface area contributed by atoms with Crippen LogP contribution in [0, 0.1) is 5.41 Å². The van der Waals surface area contributed by atoms with Gasteiger partial charge in [-0.3, -0.25) is 4.90 Å². The molecule has 2 atom stereocenters. The molecular formula is C15H30N2O. The van der Waals surface area contributed by atoms with Gasteiger partial charge >= 0.3 is 0 Å². The Labute approximate surface area is 112 Å². The Morgan fingerprint density at radius 1 is 1.22 bits per heavy atom. The molecule has 0 aromatic heterocycles. The van der Waals surface area contributed by atoms with Crippen molar-refractivity contribution in [2.45, 2.75) is 64.6 Å². The van der Waals surface area contributed by atoms with Crippen LogP contribution in [0.4, 0.5) is 0 Å². The molecule has 18 heavy (non-hydrogen) atoms. The number of methoxy groups -OCH3 is 1. The second kappa shape index (κ2) is 5.89. The van der Waals surface area contributed by atoms with Crippen molar-refractivity contribution >= 4 is 0 Å². The molecule has 1 saturated carbocycles. The van der Waals surface area contributed by atoms with E-state index in [0.29, 0.717) is 17.6 Å². The van der Waals surface area contributed by atoms with Crippen molar-refractivity contribution in [3.8, 4) is 0 Å². The summed E-state index contributed by atoms with van der Waals surface area (Å²) < 4.78 is 5.48. The number of piperidine rings is 1. The summed E-state index contributed by atoms with van der Waals surface area (Å²) in [5, 5.41) is 3.73. The Bertz CT molecular complexity index is 259. The minimum Gasteiger partial charge on any atom is -0.381 e. The summed E-state index contributed by atoms with van der Waals surface area (Å²) in [6.45, 7) is 10.6. The molecule has 106 valence electrons. The van der Waals surface area contributed by atoms with Crippen molar-refractivity contribution < 1.29 is 4.74 Å².